The lowest BCUT2D eigenvalue weighted by molar-refractivity contribution is 0.511. The van der Waals surface area contributed by atoms with Crippen LogP contribution in [0.25, 0.3) is 11.2 Å². The van der Waals surface area contributed by atoms with Crippen molar-refractivity contribution in [3.8, 4) is 0 Å². The number of imidazole rings is 1. The molecule has 0 bridgehead atoms. The Kier molecular flexibility index (Phi) is 5.96. The maximum atomic E-state index is 5.88. The van der Waals surface area contributed by atoms with Crippen molar-refractivity contribution in [2.24, 2.45) is 5.92 Å². The Balaban J connectivity index is 1.64. The molecule has 116 valence electrons. The van der Waals surface area contributed by atoms with Gasteiger partial charge in [-0.1, -0.05) is 52.4 Å². The van der Waals surface area contributed by atoms with Crippen molar-refractivity contribution in [1.29, 1.82) is 0 Å². The first-order valence-electron chi connectivity index (χ1n) is 8.12. The zero-order valence-corrected chi connectivity index (χ0v) is 13.2. The first-order chi connectivity index (χ1) is 10.2. The number of hydrogen-bond donors (Lipinski definition) is 2. The maximum absolute atomic E-state index is 5.88. The normalized spacial score (nSPS) is 11.6. The van der Waals surface area contributed by atoms with Gasteiger partial charge in [0.25, 0.3) is 0 Å². The molecule has 2 aromatic rings. The quantitative estimate of drug-likeness (QED) is 0.687. The monoisotopic (exact) mass is 289 g/mol. The molecule has 2 heterocycles. The lowest BCUT2D eigenvalue weighted by Crippen LogP contribution is -2.01. The Morgan fingerprint density at radius 2 is 1.76 bits per heavy atom. The molecule has 2 rings (SSSR count). The fraction of sp³-hybridized carbons (Fsp3) is 0.688. The van der Waals surface area contributed by atoms with Gasteiger partial charge in [-0.05, 0) is 12.3 Å². The summed E-state index contributed by atoms with van der Waals surface area (Å²) in [6.07, 6.45) is 11.6. The van der Waals surface area contributed by atoms with Crippen molar-refractivity contribution in [2.45, 2.75) is 65.2 Å². The lowest BCUT2D eigenvalue weighted by Gasteiger charge is -2.04. The zero-order chi connectivity index (χ0) is 15.1. The Morgan fingerprint density at radius 1 is 1.05 bits per heavy atom. The molecule has 3 N–H and O–H groups in total. The Hall–Kier alpha value is -1.65. The molecule has 0 aliphatic rings. The van der Waals surface area contributed by atoms with Gasteiger partial charge in [0.15, 0.2) is 11.5 Å². The molecule has 0 spiro atoms. The van der Waals surface area contributed by atoms with Crippen LogP contribution in [0.5, 0.6) is 0 Å². The van der Waals surface area contributed by atoms with E-state index >= 15 is 0 Å². The van der Waals surface area contributed by atoms with Crippen LogP contribution in [0.15, 0.2) is 6.33 Å². The van der Waals surface area contributed by atoms with E-state index in [0.29, 0.717) is 11.3 Å². The summed E-state index contributed by atoms with van der Waals surface area (Å²) in [4.78, 5) is 15.9. The fourth-order valence-electron chi connectivity index (χ4n) is 2.56. The van der Waals surface area contributed by atoms with Gasteiger partial charge in [0.2, 0.25) is 0 Å². The van der Waals surface area contributed by atoms with Crippen LogP contribution in [0.2, 0.25) is 0 Å². The molecular formula is C16H27N5. The number of fused-ring (bicyclic) bond motifs is 1. The fourth-order valence-corrected chi connectivity index (χ4v) is 2.56. The number of rotatable bonds is 9. The summed E-state index contributed by atoms with van der Waals surface area (Å²) < 4.78 is 0. The summed E-state index contributed by atoms with van der Waals surface area (Å²) in [7, 11) is 0. The summed E-state index contributed by atoms with van der Waals surface area (Å²) in [6, 6.07) is 0. The van der Waals surface area contributed by atoms with Crippen LogP contribution in [0, 0.1) is 5.92 Å². The van der Waals surface area contributed by atoms with E-state index in [1.54, 1.807) is 6.33 Å². The number of aromatic amines is 1. The molecule has 0 unspecified atom stereocenters. The maximum Gasteiger partial charge on any atom is 0.163 e. The van der Waals surface area contributed by atoms with Crippen molar-refractivity contribution >= 4 is 17.0 Å². The smallest absolute Gasteiger partial charge is 0.163 e. The number of aromatic nitrogens is 4. The topological polar surface area (TPSA) is 80.5 Å². The minimum Gasteiger partial charge on any atom is -0.382 e. The molecule has 0 amide bonds. The van der Waals surface area contributed by atoms with Crippen LogP contribution < -0.4 is 5.73 Å². The van der Waals surface area contributed by atoms with E-state index in [2.05, 4.69) is 33.8 Å². The van der Waals surface area contributed by atoms with Gasteiger partial charge in [0.1, 0.15) is 11.3 Å². The van der Waals surface area contributed by atoms with Gasteiger partial charge < -0.3 is 10.7 Å². The van der Waals surface area contributed by atoms with Crippen LogP contribution in [0.1, 0.15) is 64.6 Å². The van der Waals surface area contributed by atoms with Crippen LogP contribution >= 0.6 is 0 Å². The number of H-pyrrole nitrogens is 1. The molecule has 0 aliphatic heterocycles. The second-order valence-electron chi connectivity index (χ2n) is 6.18. The third-order valence-electron chi connectivity index (χ3n) is 3.78. The van der Waals surface area contributed by atoms with Gasteiger partial charge in [-0.25, -0.2) is 15.0 Å². The first-order valence-corrected chi connectivity index (χ1v) is 8.12. The second kappa shape index (κ2) is 7.96. The van der Waals surface area contributed by atoms with Gasteiger partial charge in [-0.15, -0.1) is 0 Å². The average Bonchev–Trinajstić information content (AvgIpc) is 2.90. The third-order valence-corrected chi connectivity index (χ3v) is 3.78. The summed E-state index contributed by atoms with van der Waals surface area (Å²) in [5.74, 6) is 2.14. The van der Waals surface area contributed by atoms with Crippen LogP contribution in [-0.2, 0) is 6.42 Å². The number of hydrogen-bond acceptors (Lipinski definition) is 4. The highest BCUT2D eigenvalue weighted by atomic mass is 15.0. The summed E-state index contributed by atoms with van der Waals surface area (Å²) in [6.45, 7) is 4.59. The molecule has 0 saturated carbocycles. The van der Waals surface area contributed by atoms with E-state index in [4.69, 9.17) is 5.73 Å². The molecule has 0 aromatic carbocycles. The van der Waals surface area contributed by atoms with E-state index in [0.717, 1.165) is 30.2 Å². The van der Waals surface area contributed by atoms with Crippen molar-refractivity contribution < 1.29 is 0 Å². The highest BCUT2D eigenvalue weighted by molar-refractivity contribution is 5.80. The van der Waals surface area contributed by atoms with E-state index in [1.807, 2.05) is 0 Å². The van der Waals surface area contributed by atoms with Crippen LogP contribution in [0.4, 0.5) is 5.82 Å². The van der Waals surface area contributed by atoms with E-state index < -0.39 is 0 Å². The van der Waals surface area contributed by atoms with Crippen molar-refractivity contribution in [1.82, 2.24) is 19.9 Å². The number of unbranched alkanes of at least 4 members (excludes halogenated alkanes) is 5. The lowest BCUT2D eigenvalue weighted by atomic mass is 10.0. The molecule has 0 aliphatic carbocycles. The van der Waals surface area contributed by atoms with Crippen molar-refractivity contribution in [3.05, 3.63) is 12.2 Å². The Morgan fingerprint density at radius 3 is 2.52 bits per heavy atom. The minimum absolute atomic E-state index is 0.477. The summed E-state index contributed by atoms with van der Waals surface area (Å²) in [5.41, 5.74) is 7.29. The van der Waals surface area contributed by atoms with Gasteiger partial charge in [-0.2, -0.15) is 0 Å². The largest absolute Gasteiger partial charge is 0.382 e. The average molecular weight is 289 g/mol. The van der Waals surface area contributed by atoms with Gasteiger partial charge in [-0.3, -0.25) is 0 Å². The number of nitrogens with zero attached hydrogens (tertiary/aromatic N) is 3. The molecule has 0 radical (unpaired) electrons. The highest BCUT2D eigenvalue weighted by Gasteiger charge is 2.06. The molecule has 5 nitrogen and oxygen atoms in total. The van der Waals surface area contributed by atoms with Crippen molar-refractivity contribution in [2.75, 3.05) is 5.73 Å². The number of nitrogens with one attached hydrogen (secondary N) is 1. The molecule has 5 heteroatoms. The first kappa shape index (κ1) is 15.7. The minimum atomic E-state index is 0.477. The number of aryl methyl sites for hydroxylation is 1. The zero-order valence-electron chi connectivity index (χ0n) is 13.2. The standard InChI is InChI=1S/C16H27N5/c1-12(2)9-7-5-3-4-6-8-10-13-20-15(17)14-16(21-13)19-11-18-14/h11-12H,3-10H2,1-2H3,(H3,17,18,19,20,21). The molecule has 0 atom stereocenters. The predicted molar refractivity (Wildman–Crippen MR) is 87.0 cm³/mol. The van der Waals surface area contributed by atoms with Gasteiger partial charge in [0.05, 0.1) is 6.33 Å². The third kappa shape index (κ3) is 4.99. The van der Waals surface area contributed by atoms with Gasteiger partial charge in [0, 0.05) is 6.42 Å². The Bertz CT molecular complexity index is 547. The SMILES string of the molecule is CC(C)CCCCCCCCc1nc(N)c2nc[nH]c2n1. The number of anilines is 1. The number of nitrogens with two attached hydrogens (primary N) is 1. The van der Waals surface area contributed by atoms with Gasteiger partial charge >= 0.3 is 0 Å². The Labute approximate surface area is 126 Å². The van der Waals surface area contributed by atoms with Crippen LogP contribution in [0.3, 0.4) is 0 Å². The molecular weight excluding hydrogens is 262 g/mol. The van der Waals surface area contributed by atoms with Crippen LogP contribution in [-0.4, -0.2) is 19.9 Å². The molecule has 0 fully saturated rings. The molecule has 21 heavy (non-hydrogen) atoms. The molecule has 0 saturated heterocycles. The van der Waals surface area contributed by atoms with E-state index in [9.17, 15) is 0 Å². The predicted octanol–water partition coefficient (Wildman–Crippen LogP) is 3.86. The van der Waals surface area contributed by atoms with E-state index in [1.165, 1.54) is 38.5 Å². The van der Waals surface area contributed by atoms with Crippen molar-refractivity contribution in [3.63, 3.8) is 0 Å². The summed E-state index contributed by atoms with van der Waals surface area (Å²) in [5, 5.41) is 0. The highest BCUT2D eigenvalue weighted by Crippen LogP contribution is 2.15. The van der Waals surface area contributed by atoms with E-state index in [-0.39, 0.29) is 0 Å². The molecule has 2 aromatic heterocycles. The number of nitrogen functional groups attached to an aromatic ring is 1. The summed E-state index contributed by atoms with van der Waals surface area (Å²) >= 11 is 0. The second-order valence-corrected chi connectivity index (χ2v) is 6.18.